The van der Waals surface area contributed by atoms with E-state index in [0.717, 1.165) is 11.0 Å². The lowest BCUT2D eigenvalue weighted by Gasteiger charge is -2.23. The average molecular weight is 456 g/mol. The number of cyclic esters (lactones) is 1. The SMILES string of the molecule is C[C@H]1C(c2cc(C(F)(F)F)cc(C(F)(F)F)c2)OC(=O)N1Cc1c(F)cccc1Cl. The maximum atomic E-state index is 14.0. The number of ether oxygens (including phenoxy) is 1. The minimum absolute atomic E-state index is 0.0110. The molecule has 0 aromatic heterocycles. The van der Waals surface area contributed by atoms with Gasteiger partial charge in [-0.2, -0.15) is 26.3 Å². The largest absolute Gasteiger partial charge is 0.439 e. The number of halogens is 8. The number of carbonyl (C=O) groups excluding carboxylic acids is 1. The van der Waals surface area contributed by atoms with Crippen LogP contribution in [0, 0.1) is 5.82 Å². The van der Waals surface area contributed by atoms with Gasteiger partial charge in [0.1, 0.15) is 11.9 Å². The van der Waals surface area contributed by atoms with Crippen molar-refractivity contribution in [2.45, 2.75) is 38.0 Å². The molecule has 1 aliphatic rings. The standard InChI is InChI=1S/C19H13ClF7NO2/c1-9-16(10-5-11(18(22,23)24)7-12(6-10)19(25,26)27)30-17(29)28(9)8-13-14(20)3-2-4-15(13)21/h2-7,9,16H,8H2,1H3/t9-,16?/m0/s1. The molecule has 2 aromatic carbocycles. The molecule has 30 heavy (non-hydrogen) atoms. The molecular weight excluding hydrogens is 443 g/mol. The average Bonchev–Trinajstić information content (AvgIpc) is 2.91. The van der Waals surface area contributed by atoms with Gasteiger partial charge in [-0.05, 0) is 42.8 Å². The van der Waals surface area contributed by atoms with Gasteiger partial charge in [0.25, 0.3) is 0 Å². The van der Waals surface area contributed by atoms with E-state index >= 15 is 0 Å². The molecule has 2 atom stereocenters. The van der Waals surface area contributed by atoms with Crippen LogP contribution in [-0.4, -0.2) is 17.0 Å². The van der Waals surface area contributed by atoms with Crippen molar-refractivity contribution < 1.29 is 40.3 Å². The van der Waals surface area contributed by atoms with E-state index in [1.807, 2.05) is 0 Å². The highest BCUT2D eigenvalue weighted by atomic mass is 35.5. The van der Waals surface area contributed by atoms with Crippen LogP contribution in [0.5, 0.6) is 0 Å². The molecule has 11 heteroatoms. The second kappa shape index (κ2) is 7.64. The van der Waals surface area contributed by atoms with Gasteiger partial charge in [0.05, 0.1) is 23.7 Å². The van der Waals surface area contributed by atoms with Crippen LogP contribution in [0.2, 0.25) is 5.02 Å². The van der Waals surface area contributed by atoms with Gasteiger partial charge < -0.3 is 4.74 Å². The monoisotopic (exact) mass is 455 g/mol. The van der Waals surface area contributed by atoms with E-state index in [0.29, 0.717) is 12.1 Å². The molecule has 3 nitrogen and oxygen atoms in total. The van der Waals surface area contributed by atoms with Gasteiger partial charge >= 0.3 is 18.4 Å². The van der Waals surface area contributed by atoms with E-state index in [1.165, 1.54) is 19.1 Å². The fraction of sp³-hybridized carbons (Fsp3) is 0.316. The van der Waals surface area contributed by atoms with Crippen LogP contribution in [0.3, 0.4) is 0 Å². The van der Waals surface area contributed by atoms with Crippen LogP contribution in [-0.2, 0) is 23.6 Å². The summed E-state index contributed by atoms with van der Waals surface area (Å²) in [6.07, 6.45) is -12.5. The van der Waals surface area contributed by atoms with E-state index in [-0.39, 0.29) is 23.2 Å². The first-order chi connectivity index (χ1) is 13.8. The zero-order valence-corrected chi connectivity index (χ0v) is 15.9. The van der Waals surface area contributed by atoms with Crippen LogP contribution in [0.1, 0.15) is 35.3 Å². The summed E-state index contributed by atoms with van der Waals surface area (Å²) in [4.78, 5) is 13.2. The van der Waals surface area contributed by atoms with Crippen molar-refractivity contribution >= 4 is 17.7 Å². The van der Waals surface area contributed by atoms with E-state index in [9.17, 15) is 35.5 Å². The fourth-order valence-corrected chi connectivity index (χ4v) is 3.38. The number of hydrogen-bond donors (Lipinski definition) is 0. The Kier molecular flexibility index (Phi) is 5.66. The van der Waals surface area contributed by atoms with Crippen molar-refractivity contribution in [1.82, 2.24) is 4.90 Å². The number of carbonyl (C=O) groups is 1. The highest BCUT2D eigenvalue weighted by Gasteiger charge is 2.43. The lowest BCUT2D eigenvalue weighted by atomic mass is 9.97. The number of alkyl halides is 6. The molecule has 2 aromatic rings. The van der Waals surface area contributed by atoms with Crippen molar-refractivity contribution in [3.05, 3.63) is 69.5 Å². The third-order valence-electron chi connectivity index (χ3n) is 4.72. The van der Waals surface area contributed by atoms with Crippen LogP contribution in [0.25, 0.3) is 0 Å². The van der Waals surface area contributed by atoms with E-state index < -0.39 is 53.1 Å². The molecule has 0 spiro atoms. The molecule has 1 amide bonds. The summed E-state index contributed by atoms with van der Waals surface area (Å²) >= 11 is 5.93. The molecule has 0 aliphatic carbocycles. The second-order valence-corrected chi connectivity index (χ2v) is 7.12. The van der Waals surface area contributed by atoms with Crippen molar-refractivity contribution in [2.24, 2.45) is 0 Å². The minimum atomic E-state index is -5.04. The Morgan fingerprint density at radius 3 is 2.10 bits per heavy atom. The molecule has 1 heterocycles. The Labute approximate surface area is 171 Å². The van der Waals surface area contributed by atoms with Gasteiger partial charge in [-0.15, -0.1) is 0 Å². The molecule has 0 radical (unpaired) electrons. The van der Waals surface area contributed by atoms with Gasteiger partial charge in [-0.25, -0.2) is 9.18 Å². The van der Waals surface area contributed by atoms with E-state index in [1.54, 1.807) is 0 Å². The molecule has 162 valence electrons. The maximum absolute atomic E-state index is 14.0. The first-order valence-corrected chi connectivity index (χ1v) is 8.86. The molecule has 0 saturated carbocycles. The summed E-state index contributed by atoms with van der Waals surface area (Å²) in [5, 5.41) is 0.0110. The number of nitrogens with zero attached hydrogens (tertiary/aromatic N) is 1. The number of benzene rings is 2. The third-order valence-corrected chi connectivity index (χ3v) is 5.07. The van der Waals surface area contributed by atoms with Crippen LogP contribution >= 0.6 is 11.6 Å². The summed E-state index contributed by atoms with van der Waals surface area (Å²) < 4.78 is 97.7. The van der Waals surface area contributed by atoms with Gasteiger partial charge in [-0.1, -0.05) is 17.7 Å². The minimum Gasteiger partial charge on any atom is -0.439 e. The van der Waals surface area contributed by atoms with Crippen molar-refractivity contribution in [2.75, 3.05) is 0 Å². The van der Waals surface area contributed by atoms with Gasteiger partial charge in [0, 0.05) is 10.6 Å². The smallest absolute Gasteiger partial charge is 0.416 e. The van der Waals surface area contributed by atoms with Crippen LogP contribution in [0.4, 0.5) is 35.5 Å². The Balaban J connectivity index is 1.98. The summed E-state index contributed by atoms with van der Waals surface area (Å²) in [5.74, 6) is -0.718. The summed E-state index contributed by atoms with van der Waals surface area (Å²) in [6.45, 7) is 1.00. The number of rotatable bonds is 3. The Morgan fingerprint density at radius 1 is 1.03 bits per heavy atom. The first-order valence-electron chi connectivity index (χ1n) is 8.48. The summed E-state index contributed by atoms with van der Waals surface area (Å²) in [5.41, 5.74) is -3.57. The third kappa shape index (κ3) is 4.33. The van der Waals surface area contributed by atoms with Crippen molar-refractivity contribution in [1.29, 1.82) is 0 Å². The van der Waals surface area contributed by atoms with E-state index in [2.05, 4.69) is 0 Å². The van der Waals surface area contributed by atoms with Crippen molar-refractivity contribution in [3.63, 3.8) is 0 Å². The topological polar surface area (TPSA) is 29.5 Å². The zero-order chi connectivity index (χ0) is 22.4. The Morgan fingerprint density at radius 2 is 1.60 bits per heavy atom. The fourth-order valence-electron chi connectivity index (χ4n) is 3.16. The lowest BCUT2D eigenvalue weighted by molar-refractivity contribution is -0.143. The number of hydrogen-bond acceptors (Lipinski definition) is 2. The van der Waals surface area contributed by atoms with Gasteiger partial charge in [0.15, 0.2) is 0 Å². The Bertz CT molecular complexity index is 922. The highest BCUT2D eigenvalue weighted by Crippen LogP contribution is 2.41. The lowest BCUT2D eigenvalue weighted by Crippen LogP contribution is -2.32. The molecule has 1 saturated heterocycles. The molecule has 1 fully saturated rings. The van der Waals surface area contributed by atoms with Gasteiger partial charge in [0.2, 0.25) is 0 Å². The Hall–Kier alpha value is -2.49. The molecule has 0 N–H and O–H groups in total. The highest BCUT2D eigenvalue weighted by molar-refractivity contribution is 6.31. The predicted octanol–water partition coefficient (Wildman–Crippen LogP) is 6.60. The summed E-state index contributed by atoms with van der Waals surface area (Å²) in [7, 11) is 0. The van der Waals surface area contributed by atoms with Crippen molar-refractivity contribution in [3.8, 4) is 0 Å². The normalized spacial score (nSPS) is 19.9. The van der Waals surface area contributed by atoms with E-state index in [4.69, 9.17) is 16.3 Å². The molecule has 1 unspecified atom stereocenters. The van der Waals surface area contributed by atoms with Crippen LogP contribution in [0.15, 0.2) is 36.4 Å². The molecule has 0 bridgehead atoms. The molecular formula is C19H13ClF7NO2. The van der Waals surface area contributed by atoms with Crippen LogP contribution < -0.4 is 0 Å². The molecule has 1 aliphatic heterocycles. The van der Waals surface area contributed by atoms with Gasteiger partial charge in [-0.3, -0.25) is 4.90 Å². The quantitative estimate of drug-likeness (QED) is 0.488. The molecule has 3 rings (SSSR count). The second-order valence-electron chi connectivity index (χ2n) is 6.71. The maximum Gasteiger partial charge on any atom is 0.416 e. The zero-order valence-electron chi connectivity index (χ0n) is 15.1. The number of amides is 1. The predicted molar refractivity (Wildman–Crippen MR) is 92.1 cm³/mol. The summed E-state index contributed by atoms with van der Waals surface area (Å²) in [6, 6.07) is 3.84. The first kappa shape index (κ1) is 22.2.